The maximum Gasteiger partial charge on any atom is 0.220 e. The van der Waals surface area contributed by atoms with Crippen LogP contribution in [0.4, 0.5) is 4.39 Å². The summed E-state index contributed by atoms with van der Waals surface area (Å²) in [5.41, 5.74) is 0. The number of thiophene rings is 1. The average molecular weight is 321 g/mol. The molecule has 0 saturated carbocycles. The number of rotatable bonds is 8. The van der Waals surface area contributed by atoms with Crippen LogP contribution >= 0.6 is 11.3 Å². The number of carbonyl (C=O) groups excluding carboxylic acids is 1. The van der Waals surface area contributed by atoms with Crippen LogP contribution in [0, 0.1) is 5.82 Å². The summed E-state index contributed by atoms with van der Waals surface area (Å²) in [5.74, 6) is 0.367. The molecule has 1 aromatic carbocycles. The van der Waals surface area contributed by atoms with Crippen molar-refractivity contribution >= 4 is 17.2 Å². The van der Waals surface area contributed by atoms with Crippen molar-refractivity contribution in [1.82, 2.24) is 5.32 Å². The van der Waals surface area contributed by atoms with E-state index in [2.05, 4.69) is 11.4 Å². The topological polar surface area (TPSA) is 38.3 Å². The molecule has 5 heteroatoms. The van der Waals surface area contributed by atoms with E-state index >= 15 is 0 Å². The first kappa shape index (κ1) is 16.5. The highest BCUT2D eigenvalue weighted by Gasteiger charge is 2.08. The molecule has 1 unspecified atom stereocenters. The molecule has 1 amide bonds. The van der Waals surface area contributed by atoms with Gasteiger partial charge in [0.1, 0.15) is 11.6 Å². The molecule has 22 heavy (non-hydrogen) atoms. The highest BCUT2D eigenvalue weighted by molar-refractivity contribution is 7.09. The fraction of sp³-hybridized carbons (Fsp3) is 0.353. The zero-order valence-electron chi connectivity index (χ0n) is 12.5. The minimum atomic E-state index is -0.286. The molecule has 0 fully saturated rings. The Balaban J connectivity index is 1.60. The van der Waals surface area contributed by atoms with E-state index < -0.39 is 0 Å². The minimum Gasteiger partial charge on any atom is -0.494 e. The van der Waals surface area contributed by atoms with Crippen LogP contribution in [0.1, 0.15) is 24.6 Å². The monoisotopic (exact) mass is 321 g/mol. The third kappa shape index (κ3) is 5.85. The molecule has 118 valence electrons. The Morgan fingerprint density at radius 3 is 2.77 bits per heavy atom. The number of ether oxygens (including phenoxy) is 1. The smallest absolute Gasteiger partial charge is 0.220 e. The fourth-order valence-electron chi connectivity index (χ4n) is 2.08. The predicted octanol–water partition coefficient (Wildman–Crippen LogP) is 3.79. The Morgan fingerprint density at radius 2 is 2.09 bits per heavy atom. The van der Waals surface area contributed by atoms with Gasteiger partial charge in [0.25, 0.3) is 0 Å². The predicted molar refractivity (Wildman–Crippen MR) is 86.8 cm³/mol. The summed E-state index contributed by atoms with van der Waals surface area (Å²) in [4.78, 5) is 13.1. The molecule has 0 aliphatic heterocycles. The molecule has 0 bridgehead atoms. The standard InChI is InChI=1S/C17H20FNO2S/c1-13(12-16-4-3-11-22-16)19-17(20)5-2-10-21-15-8-6-14(18)7-9-15/h3-4,6-9,11,13H,2,5,10,12H2,1H3,(H,19,20). The molecule has 0 spiro atoms. The van der Waals surface area contributed by atoms with Gasteiger partial charge in [-0.1, -0.05) is 6.07 Å². The molecular formula is C17H20FNO2S. The van der Waals surface area contributed by atoms with Crippen LogP contribution in [-0.4, -0.2) is 18.6 Å². The van der Waals surface area contributed by atoms with Crippen LogP contribution < -0.4 is 10.1 Å². The molecule has 3 nitrogen and oxygen atoms in total. The van der Waals surface area contributed by atoms with Gasteiger partial charge in [-0.05, 0) is 49.1 Å². The van der Waals surface area contributed by atoms with E-state index in [9.17, 15) is 9.18 Å². The Bertz CT molecular complexity index is 569. The lowest BCUT2D eigenvalue weighted by Crippen LogP contribution is -2.33. The summed E-state index contributed by atoms with van der Waals surface area (Å²) in [6, 6.07) is 10.1. The first-order valence-corrected chi connectivity index (χ1v) is 8.21. The molecule has 2 rings (SSSR count). The molecular weight excluding hydrogens is 301 g/mol. The van der Waals surface area contributed by atoms with Crippen molar-refractivity contribution in [3.05, 3.63) is 52.5 Å². The highest BCUT2D eigenvalue weighted by Crippen LogP contribution is 2.12. The van der Waals surface area contributed by atoms with E-state index in [0.717, 1.165) is 6.42 Å². The Hall–Kier alpha value is -1.88. The first-order valence-electron chi connectivity index (χ1n) is 7.33. The van der Waals surface area contributed by atoms with Gasteiger partial charge >= 0.3 is 0 Å². The maximum absolute atomic E-state index is 12.7. The Morgan fingerprint density at radius 1 is 1.32 bits per heavy atom. The average Bonchev–Trinajstić information content (AvgIpc) is 2.98. The van der Waals surface area contributed by atoms with Crippen LogP contribution in [-0.2, 0) is 11.2 Å². The molecule has 0 aliphatic carbocycles. The van der Waals surface area contributed by atoms with Gasteiger partial charge in [-0.3, -0.25) is 4.79 Å². The zero-order chi connectivity index (χ0) is 15.8. The lowest BCUT2D eigenvalue weighted by atomic mass is 10.2. The minimum absolute atomic E-state index is 0.0340. The van der Waals surface area contributed by atoms with Crippen LogP contribution in [0.15, 0.2) is 41.8 Å². The van der Waals surface area contributed by atoms with Gasteiger partial charge in [0, 0.05) is 23.8 Å². The van der Waals surface area contributed by atoms with Gasteiger partial charge in [0.2, 0.25) is 5.91 Å². The molecule has 1 N–H and O–H groups in total. The van der Waals surface area contributed by atoms with Gasteiger partial charge in [0.15, 0.2) is 0 Å². The van der Waals surface area contributed by atoms with Crippen molar-refractivity contribution in [3.8, 4) is 5.75 Å². The Labute approximate surface area is 134 Å². The van der Waals surface area contributed by atoms with Crippen molar-refractivity contribution in [3.63, 3.8) is 0 Å². The van der Waals surface area contributed by atoms with Crippen molar-refractivity contribution in [1.29, 1.82) is 0 Å². The molecule has 1 heterocycles. The molecule has 0 aliphatic rings. The number of amides is 1. The van der Waals surface area contributed by atoms with Gasteiger partial charge < -0.3 is 10.1 Å². The van der Waals surface area contributed by atoms with E-state index in [4.69, 9.17) is 4.74 Å². The highest BCUT2D eigenvalue weighted by atomic mass is 32.1. The van der Waals surface area contributed by atoms with Gasteiger partial charge in [0.05, 0.1) is 6.61 Å². The zero-order valence-corrected chi connectivity index (χ0v) is 13.4. The molecule has 0 saturated heterocycles. The van der Waals surface area contributed by atoms with E-state index in [1.165, 1.54) is 17.0 Å². The largest absolute Gasteiger partial charge is 0.494 e. The second kappa shape index (κ2) is 8.54. The second-order valence-corrected chi connectivity index (χ2v) is 6.19. The number of halogens is 1. The third-order valence-corrected chi connectivity index (χ3v) is 4.02. The van der Waals surface area contributed by atoms with E-state index in [1.807, 2.05) is 18.4 Å². The van der Waals surface area contributed by atoms with Gasteiger partial charge in [-0.2, -0.15) is 0 Å². The van der Waals surface area contributed by atoms with Crippen molar-refractivity contribution in [2.45, 2.75) is 32.2 Å². The second-order valence-electron chi connectivity index (χ2n) is 5.16. The molecule has 0 radical (unpaired) electrons. The number of hydrogen-bond acceptors (Lipinski definition) is 3. The maximum atomic E-state index is 12.7. The SMILES string of the molecule is CC(Cc1cccs1)NC(=O)CCCOc1ccc(F)cc1. The van der Waals surface area contributed by atoms with E-state index in [-0.39, 0.29) is 17.8 Å². The summed E-state index contributed by atoms with van der Waals surface area (Å²) in [6.07, 6.45) is 1.92. The van der Waals surface area contributed by atoms with Crippen LogP contribution in [0.5, 0.6) is 5.75 Å². The van der Waals surface area contributed by atoms with Gasteiger partial charge in [-0.25, -0.2) is 4.39 Å². The molecule has 2 aromatic rings. The number of benzene rings is 1. The quantitative estimate of drug-likeness (QED) is 0.751. The van der Waals surface area contributed by atoms with Crippen molar-refractivity contribution < 1.29 is 13.9 Å². The van der Waals surface area contributed by atoms with E-state index in [0.29, 0.717) is 25.2 Å². The fourth-order valence-corrected chi connectivity index (χ4v) is 2.92. The summed E-state index contributed by atoms with van der Waals surface area (Å²) < 4.78 is 18.2. The number of hydrogen-bond donors (Lipinski definition) is 1. The lowest BCUT2D eigenvalue weighted by Gasteiger charge is -2.13. The Kier molecular flexibility index (Phi) is 6.40. The summed E-state index contributed by atoms with van der Waals surface area (Å²) >= 11 is 1.70. The molecule has 1 aromatic heterocycles. The van der Waals surface area contributed by atoms with Crippen LogP contribution in [0.2, 0.25) is 0 Å². The van der Waals surface area contributed by atoms with Crippen molar-refractivity contribution in [2.24, 2.45) is 0 Å². The number of nitrogens with one attached hydrogen (secondary N) is 1. The summed E-state index contributed by atoms with van der Waals surface area (Å²) in [7, 11) is 0. The first-order chi connectivity index (χ1) is 10.6. The van der Waals surface area contributed by atoms with Crippen LogP contribution in [0.25, 0.3) is 0 Å². The number of carbonyl (C=O) groups is 1. The normalized spacial score (nSPS) is 11.9. The summed E-state index contributed by atoms with van der Waals surface area (Å²) in [5, 5.41) is 5.03. The summed E-state index contributed by atoms with van der Waals surface area (Å²) in [6.45, 7) is 2.45. The third-order valence-electron chi connectivity index (χ3n) is 3.13. The van der Waals surface area contributed by atoms with E-state index in [1.54, 1.807) is 23.5 Å². The van der Waals surface area contributed by atoms with Crippen LogP contribution in [0.3, 0.4) is 0 Å². The van der Waals surface area contributed by atoms with Gasteiger partial charge in [-0.15, -0.1) is 11.3 Å². The van der Waals surface area contributed by atoms with Crippen molar-refractivity contribution in [2.75, 3.05) is 6.61 Å². The molecule has 1 atom stereocenters. The lowest BCUT2D eigenvalue weighted by molar-refractivity contribution is -0.121.